The molecule has 82 valence electrons. The number of aryl methyl sites for hydroxylation is 1. The summed E-state index contributed by atoms with van der Waals surface area (Å²) in [5.41, 5.74) is 1.94. The smallest absolute Gasteiger partial charge is 0.246 e. The Balaban J connectivity index is 2.71. The van der Waals surface area contributed by atoms with Gasteiger partial charge >= 0.3 is 0 Å². The number of amides is 1. The van der Waals surface area contributed by atoms with Crippen LogP contribution < -0.4 is 0 Å². The first-order valence-electron chi connectivity index (χ1n) is 5.06. The Morgan fingerprint density at radius 1 is 1.60 bits per heavy atom. The Morgan fingerprint density at radius 2 is 2.33 bits per heavy atom. The maximum absolute atomic E-state index is 11.3. The van der Waals surface area contributed by atoms with Crippen LogP contribution in [0.2, 0.25) is 0 Å². The average molecular weight is 207 g/mol. The summed E-state index contributed by atoms with van der Waals surface area (Å²) in [6, 6.07) is 0. The van der Waals surface area contributed by atoms with Gasteiger partial charge in [0.1, 0.15) is 0 Å². The molecule has 0 aliphatic rings. The summed E-state index contributed by atoms with van der Waals surface area (Å²) in [6.07, 6.45) is 6.96. The number of H-pyrrole nitrogens is 1. The Hall–Kier alpha value is -1.58. The van der Waals surface area contributed by atoms with Crippen LogP contribution in [0.1, 0.15) is 24.7 Å². The molecule has 1 heterocycles. The van der Waals surface area contributed by atoms with Crippen LogP contribution in [0.25, 0.3) is 6.08 Å². The minimum atomic E-state index is -0.0274. The maximum Gasteiger partial charge on any atom is 0.246 e. The number of carbonyl (C=O) groups is 1. The molecule has 4 nitrogen and oxygen atoms in total. The molecule has 1 N–H and O–H groups in total. The number of hydrogen-bond acceptors (Lipinski definition) is 2. The summed E-state index contributed by atoms with van der Waals surface area (Å²) in [6.45, 7) is 2.11. The number of rotatable bonds is 4. The largest absolute Gasteiger partial charge is 0.348 e. The predicted octanol–water partition coefficient (Wildman–Crippen LogP) is 1.46. The highest BCUT2D eigenvalue weighted by atomic mass is 16.2. The van der Waals surface area contributed by atoms with Gasteiger partial charge in [-0.2, -0.15) is 0 Å². The Morgan fingerprint density at radius 3 is 2.93 bits per heavy atom. The molecule has 0 atom stereocenters. The second-order valence-corrected chi connectivity index (χ2v) is 3.58. The SMILES string of the molecule is CCCc1[nH]cnc1/C=C/C(=O)N(C)C. The second kappa shape index (κ2) is 5.34. The van der Waals surface area contributed by atoms with E-state index in [9.17, 15) is 4.79 Å². The fourth-order valence-electron chi connectivity index (χ4n) is 1.22. The van der Waals surface area contributed by atoms with Crippen molar-refractivity contribution in [3.8, 4) is 0 Å². The van der Waals surface area contributed by atoms with Crippen LogP contribution in [-0.4, -0.2) is 34.9 Å². The van der Waals surface area contributed by atoms with Gasteiger partial charge in [0.15, 0.2) is 0 Å². The Kier molecular flexibility index (Phi) is 4.09. The molecule has 15 heavy (non-hydrogen) atoms. The van der Waals surface area contributed by atoms with Gasteiger partial charge in [-0.3, -0.25) is 4.79 Å². The Bertz CT molecular complexity index is 352. The van der Waals surface area contributed by atoms with E-state index >= 15 is 0 Å². The minimum Gasteiger partial charge on any atom is -0.348 e. The molecule has 0 aromatic carbocycles. The minimum absolute atomic E-state index is 0.0274. The molecule has 0 bridgehead atoms. The zero-order valence-corrected chi connectivity index (χ0v) is 9.45. The summed E-state index contributed by atoms with van der Waals surface area (Å²) in [5.74, 6) is -0.0274. The van der Waals surface area contributed by atoms with E-state index in [1.54, 1.807) is 26.5 Å². The summed E-state index contributed by atoms with van der Waals surface area (Å²) in [7, 11) is 3.45. The van der Waals surface area contributed by atoms with E-state index in [2.05, 4.69) is 16.9 Å². The van der Waals surface area contributed by atoms with Crippen molar-refractivity contribution in [2.75, 3.05) is 14.1 Å². The van der Waals surface area contributed by atoms with Gasteiger partial charge in [0.25, 0.3) is 0 Å². The van der Waals surface area contributed by atoms with E-state index in [0.29, 0.717) is 0 Å². The van der Waals surface area contributed by atoms with Gasteiger partial charge in [-0.25, -0.2) is 4.98 Å². The molecule has 0 saturated carbocycles. The molecular formula is C11H17N3O. The molecule has 0 unspecified atom stereocenters. The van der Waals surface area contributed by atoms with Crippen molar-refractivity contribution in [3.63, 3.8) is 0 Å². The van der Waals surface area contributed by atoms with Crippen LogP contribution in [0.4, 0.5) is 0 Å². The van der Waals surface area contributed by atoms with Crippen LogP contribution in [0.15, 0.2) is 12.4 Å². The number of imidazole rings is 1. The van der Waals surface area contributed by atoms with Crippen LogP contribution >= 0.6 is 0 Å². The van der Waals surface area contributed by atoms with Crippen molar-refractivity contribution in [3.05, 3.63) is 23.8 Å². The molecule has 1 rings (SSSR count). The lowest BCUT2D eigenvalue weighted by atomic mass is 10.2. The lowest BCUT2D eigenvalue weighted by Crippen LogP contribution is -2.18. The van der Waals surface area contributed by atoms with Gasteiger partial charge in [-0.05, 0) is 12.5 Å². The zero-order chi connectivity index (χ0) is 11.3. The molecule has 0 radical (unpaired) electrons. The first kappa shape index (κ1) is 11.5. The fourth-order valence-corrected chi connectivity index (χ4v) is 1.22. The quantitative estimate of drug-likeness (QED) is 0.760. The van der Waals surface area contributed by atoms with Crippen LogP contribution in [0.3, 0.4) is 0 Å². The average Bonchev–Trinajstić information content (AvgIpc) is 2.62. The van der Waals surface area contributed by atoms with Gasteiger partial charge in [-0.1, -0.05) is 13.3 Å². The van der Waals surface area contributed by atoms with Crippen molar-refractivity contribution in [1.82, 2.24) is 14.9 Å². The van der Waals surface area contributed by atoms with Gasteiger partial charge in [0, 0.05) is 25.9 Å². The maximum atomic E-state index is 11.3. The van der Waals surface area contributed by atoms with E-state index in [1.165, 1.54) is 11.0 Å². The molecule has 0 saturated heterocycles. The third kappa shape index (κ3) is 3.23. The fraction of sp³-hybridized carbons (Fsp3) is 0.455. The van der Waals surface area contributed by atoms with Crippen molar-refractivity contribution >= 4 is 12.0 Å². The van der Waals surface area contributed by atoms with Gasteiger partial charge in [0.2, 0.25) is 5.91 Å². The van der Waals surface area contributed by atoms with E-state index in [-0.39, 0.29) is 5.91 Å². The van der Waals surface area contributed by atoms with Crippen LogP contribution in [-0.2, 0) is 11.2 Å². The van der Waals surface area contributed by atoms with E-state index < -0.39 is 0 Å². The molecule has 4 heteroatoms. The highest BCUT2D eigenvalue weighted by Crippen LogP contribution is 2.07. The number of nitrogens with zero attached hydrogens (tertiary/aromatic N) is 2. The number of aromatic amines is 1. The van der Waals surface area contributed by atoms with E-state index in [4.69, 9.17) is 0 Å². The predicted molar refractivity (Wildman–Crippen MR) is 60.3 cm³/mol. The standard InChI is InChI=1S/C11H17N3O/c1-4-5-9-10(13-8-12-9)6-7-11(15)14(2)3/h6-8H,4-5H2,1-3H3,(H,12,13)/b7-6+. The number of hydrogen-bond donors (Lipinski definition) is 1. The molecule has 1 amide bonds. The number of nitrogens with one attached hydrogen (secondary N) is 1. The van der Waals surface area contributed by atoms with Crippen molar-refractivity contribution in [2.45, 2.75) is 19.8 Å². The second-order valence-electron chi connectivity index (χ2n) is 3.58. The van der Waals surface area contributed by atoms with Crippen molar-refractivity contribution in [2.24, 2.45) is 0 Å². The number of likely N-dealkylation sites (N-methyl/N-ethyl adjacent to an activating group) is 1. The molecule has 0 spiro atoms. The van der Waals surface area contributed by atoms with Gasteiger partial charge in [-0.15, -0.1) is 0 Å². The summed E-state index contributed by atoms with van der Waals surface area (Å²) < 4.78 is 0. The zero-order valence-electron chi connectivity index (χ0n) is 9.45. The number of carbonyl (C=O) groups excluding carboxylic acids is 1. The highest BCUT2D eigenvalue weighted by Gasteiger charge is 2.02. The third-order valence-corrected chi connectivity index (χ3v) is 2.08. The van der Waals surface area contributed by atoms with Crippen molar-refractivity contribution in [1.29, 1.82) is 0 Å². The van der Waals surface area contributed by atoms with E-state index in [1.807, 2.05) is 0 Å². The normalized spacial score (nSPS) is 10.9. The third-order valence-electron chi connectivity index (χ3n) is 2.08. The van der Waals surface area contributed by atoms with Gasteiger partial charge in [0.05, 0.1) is 12.0 Å². The van der Waals surface area contributed by atoms with Crippen LogP contribution in [0, 0.1) is 0 Å². The molecule has 0 aliphatic carbocycles. The number of aromatic nitrogens is 2. The topological polar surface area (TPSA) is 49.0 Å². The van der Waals surface area contributed by atoms with Crippen LogP contribution in [0.5, 0.6) is 0 Å². The van der Waals surface area contributed by atoms with Gasteiger partial charge < -0.3 is 9.88 Å². The summed E-state index contributed by atoms with van der Waals surface area (Å²) in [5, 5.41) is 0. The molecule has 1 aromatic heterocycles. The van der Waals surface area contributed by atoms with Crippen molar-refractivity contribution < 1.29 is 4.79 Å². The molecular weight excluding hydrogens is 190 g/mol. The molecule has 1 aromatic rings. The summed E-state index contributed by atoms with van der Waals surface area (Å²) in [4.78, 5) is 20.1. The molecule has 0 fully saturated rings. The summed E-state index contributed by atoms with van der Waals surface area (Å²) >= 11 is 0. The first-order chi connectivity index (χ1) is 7.15. The lowest BCUT2D eigenvalue weighted by Gasteiger charge is -2.04. The highest BCUT2D eigenvalue weighted by molar-refractivity contribution is 5.91. The first-order valence-corrected chi connectivity index (χ1v) is 5.06. The monoisotopic (exact) mass is 207 g/mol. The van der Waals surface area contributed by atoms with E-state index in [0.717, 1.165) is 24.2 Å². The molecule has 0 aliphatic heterocycles. The Labute approximate surface area is 90.0 Å². The lowest BCUT2D eigenvalue weighted by molar-refractivity contribution is -0.123.